The van der Waals surface area contributed by atoms with Gasteiger partial charge in [-0.05, 0) is 97.1 Å². The van der Waals surface area contributed by atoms with Gasteiger partial charge in [-0.3, -0.25) is 4.98 Å². The average molecular weight is 414 g/mol. The summed E-state index contributed by atoms with van der Waals surface area (Å²) in [6.07, 6.45) is 15.3. The second-order valence-electron chi connectivity index (χ2n) is 9.58. The van der Waals surface area contributed by atoms with E-state index in [9.17, 15) is 4.39 Å². The SMILES string of the molecule is C[C@H](c1c(C2CC2)ccn2cncc12)C1CCC(c2ccnc3c(F)cccc23)CC1. The van der Waals surface area contributed by atoms with Crippen molar-refractivity contribution in [1.29, 1.82) is 0 Å². The highest BCUT2D eigenvalue weighted by Crippen LogP contribution is 2.49. The summed E-state index contributed by atoms with van der Waals surface area (Å²) < 4.78 is 16.4. The van der Waals surface area contributed by atoms with Crippen LogP contribution in [-0.4, -0.2) is 14.4 Å². The first kappa shape index (κ1) is 19.0. The van der Waals surface area contributed by atoms with Gasteiger partial charge in [0, 0.05) is 17.8 Å². The summed E-state index contributed by atoms with van der Waals surface area (Å²) in [5, 5.41) is 0.985. The first-order valence-corrected chi connectivity index (χ1v) is 11.7. The minimum Gasteiger partial charge on any atom is -0.306 e. The molecule has 0 N–H and O–H groups in total. The largest absolute Gasteiger partial charge is 0.306 e. The van der Waals surface area contributed by atoms with Crippen molar-refractivity contribution in [3.8, 4) is 0 Å². The number of rotatable bonds is 4. The van der Waals surface area contributed by atoms with Gasteiger partial charge in [-0.25, -0.2) is 9.37 Å². The number of hydrogen-bond acceptors (Lipinski definition) is 2. The number of imidazole rings is 1. The van der Waals surface area contributed by atoms with Gasteiger partial charge >= 0.3 is 0 Å². The van der Waals surface area contributed by atoms with Crippen molar-refractivity contribution in [2.24, 2.45) is 5.92 Å². The van der Waals surface area contributed by atoms with Crippen molar-refractivity contribution in [3.63, 3.8) is 0 Å². The number of para-hydroxylation sites is 1. The summed E-state index contributed by atoms with van der Waals surface area (Å²) in [6, 6.07) is 9.78. The number of aromatic nitrogens is 3. The van der Waals surface area contributed by atoms with E-state index in [4.69, 9.17) is 0 Å². The van der Waals surface area contributed by atoms with Gasteiger partial charge in [0.2, 0.25) is 0 Å². The Labute approximate surface area is 182 Å². The molecule has 6 rings (SSSR count). The summed E-state index contributed by atoms with van der Waals surface area (Å²) >= 11 is 0. The van der Waals surface area contributed by atoms with E-state index < -0.39 is 0 Å². The minimum absolute atomic E-state index is 0.219. The Bertz CT molecular complexity index is 1250. The molecule has 31 heavy (non-hydrogen) atoms. The Kier molecular flexibility index (Phi) is 4.55. The molecule has 1 aromatic carbocycles. The third-order valence-electron chi connectivity index (χ3n) is 7.81. The Hall–Kier alpha value is -2.75. The molecule has 0 saturated heterocycles. The molecular weight excluding hydrogens is 385 g/mol. The number of nitrogens with zero attached hydrogens (tertiary/aromatic N) is 3. The standard InChI is InChI=1S/C27H28FN3/c1-17(26-22(20-9-10-20)12-14-31-16-29-15-25(26)31)18-5-7-19(8-6-18)21-11-13-30-27-23(21)3-2-4-24(27)28/h2-4,11-20H,5-10H2,1H3/t17-,18?,19?/m0/s1. The number of hydrogen-bond donors (Lipinski definition) is 0. The topological polar surface area (TPSA) is 30.2 Å². The normalized spacial score (nSPS) is 22.8. The van der Waals surface area contributed by atoms with Crippen LogP contribution in [0.2, 0.25) is 0 Å². The van der Waals surface area contributed by atoms with Crippen LogP contribution in [0.5, 0.6) is 0 Å². The molecule has 2 saturated carbocycles. The van der Waals surface area contributed by atoms with Crippen LogP contribution in [0.15, 0.2) is 55.2 Å². The second kappa shape index (κ2) is 7.44. The zero-order valence-electron chi connectivity index (χ0n) is 18.0. The van der Waals surface area contributed by atoms with Crippen LogP contribution in [0, 0.1) is 11.7 Å². The zero-order valence-corrected chi connectivity index (χ0v) is 18.0. The van der Waals surface area contributed by atoms with E-state index in [1.165, 1.54) is 48.4 Å². The molecule has 3 heterocycles. The molecule has 0 unspecified atom stereocenters. The van der Waals surface area contributed by atoms with Gasteiger partial charge in [-0.15, -0.1) is 0 Å². The molecule has 2 aliphatic carbocycles. The maximum absolute atomic E-state index is 14.2. The Balaban J connectivity index is 1.27. The first-order chi connectivity index (χ1) is 15.2. The van der Waals surface area contributed by atoms with Crippen LogP contribution in [-0.2, 0) is 0 Å². The van der Waals surface area contributed by atoms with Gasteiger partial charge < -0.3 is 4.40 Å². The van der Waals surface area contributed by atoms with Crippen molar-refractivity contribution in [2.75, 3.05) is 0 Å². The first-order valence-electron chi connectivity index (χ1n) is 11.7. The molecule has 0 spiro atoms. The third kappa shape index (κ3) is 3.24. The lowest BCUT2D eigenvalue weighted by molar-refractivity contribution is 0.291. The molecule has 1 atom stereocenters. The zero-order chi connectivity index (χ0) is 20.9. The van der Waals surface area contributed by atoms with Crippen LogP contribution in [0.4, 0.5) is 4.39 Å². The van der Waals surface area contributed by atoms with Gasteiger partial charge in [0.1, 0.15) is 11.3 Å². The second-order valence-corrected chi connectivity index (χ2v) is 9.58. The van der Waals surface area contributed by atoms with Crippen molar-refractivity contribution in [2.45, 2.75) is 63.2 Å². The molecule has 0 radical (unpaired) electrons. The Morgan fingerprint density at radius 1 is 0.968 bits per heavy atom. The van der Waals surface area contributed by atoms with Crippen LogP contribution in [0.3, 0.4) is 0 Å². The molecule has 3 nitrogen and oxygen atoms in total. The van der Waals surface area contributed by atoms with Crippen molar-refractivity contribution < 1.29 is 4.39 Å². The Morgan fingerprint density at radius 2 is 1.74 bits per heavy atom. The van der Waals surface area contributed by atoms with Gasteiger partial charge in [0.05, 0.1) is 18.0 Å². The lowest BCUT2D eigenvalue weighted by Crippen LogP contribution is -2.20. The highest BCUT2D eigenvalue weighted by atomic mass is 19.1. The summed E-state index contributed by atoms with van der Waals surface area (Å²) in [4.78, 5) is 8.72. The van der Waals surface area contributed by atoms with E-state index >= 15 is 0 Å². The summed E-state index contributed by atoms with van der Waals surface area (Å²) in [5.41, 5.74) is 6.15. The van der Waals surface area contributed by atoms with Crippen LogP contribution >= 0.6 is 0 Å². The highest BCUT2D eigenvalue weighted by Gasteiger charge is 2.33. The van der Waals surface area contributed by atoms with Crippen molar-refractivity contribution >= 4 is 16.4 Å². The van der Waals surface area contributed by atoms with Crippen LogP contribution in [0.1, 0.15) is 79.9 Å². The van der Waals surface area contributed by atoms with Crippen LogP contribution < -0.4 is 0 Å². The van der Waals surface area contributed by atoms with E-state index in [2.05, 4.69) is 39.6 Å². The van der Waals surface area contributed by atoms with Crippen molar-refractivity contribution in [3.05, 3.63) is 77.8 Å². The molecule has 3 aromatic heterocycles. The van der Waals surface area contributed by atoms with Gasteiger partial charge in [0.25, 0.3) is 0 Å². The van der Waals surface area contributed by atoms with Gasteiger partial charge in [0.15, 0.2) is 0 Å². The number of fused-ring (bicyclic) bond motifs is 2. The maximum atomic E-state index is 14.2. The molecule has 158 valence electrons. The highest BCUT2D eigenvalue weighted by molar-refractivity contribution is 5.83. The molecule has 2 fully saturated rings. The fourth-order valence-corrected chi connectivity index (χ4v) is 5.96. The van der Waals surface area contributed by atoms with E-state index in [1.54, 1.807) is 11.8 Å². The number of halogens is 1. The monoisotopic (exact) mass is 413 g/mol. The average Bonchev–Trinajstić information content (AvgIpc) is 3.54. The predicted octanol–water partition coefficient (Wildman–Crippen LogP) is 6.98. The molecule has 0 amide bonds. The van der Waals surface area contributed by atoms with E-state index in [0.29, 0.717) is 23.3 Å². The number of pyridine rings is 2. The summed E-state index contributed by atoms with van der Waals surface area (Å²) in [7, 11) is 0. The van der Waals surface area contributed by atoms with Gasteiger partial charge in [-0.2, -0.15) is 0 Å². The third-order valence-corrected chi connectivity index (χ3v) is 7.81. The van der Waals surface area contributed by atoms with E-state index in [-0.39, 0.29) is 5.82 Å². The predicted molar refractivity (Wildman–Crippen MR) is 122 cm³/mol. The summed E-state index contributed by atoms with van der Waals surface area (Å²) in [6.45, 7) is 2.43. The molecule has 4 heteroatoms. The van der Waals surface area contributed by atoms with Crippen LogP contribution in [0.25, 0.3) is 16.4 Å². The maximum Gasteiger partial charge on any atom is 0.149 e. The lowest BCUT2D eigenvalue weighted by Gasteiger charge is -2.34. The van der Waals surface area contributed by atoms with E-state index in [0.717, 1.165) is 24.1 Å². The Morgan fingerprint density at radius 3 is 2.55 bits per heavy atom. The fraction of sp³-hybridized carbons (Fsp3) is 0.407. The summed E-state index contributed by atoms with van der Waals surface area (Å²) in [5.74, 6) is 2.22. The minimum atomic E-state index is -0.219. The van der Waals surface area contributed by atoms with Crippen molar-refractivity contribution in [1.82, 2.24) is 14.4 Å². The molecule has 2 aliphatic rings. The molecule has 4 aromatic rings. The smallest absolute Gasteiger partial charge is 0.149 e. The lowest BCUT2D eigenvalue weighted by atomic mass is 9.71. The van der Waals surface area contributed by atoms with Gasteiger partial charge in [-0.1, -0.05) is 19.1 Å². The molecule has 0 bridgehead atoms. The van der Waals surface area contributed by atoms with E-state index in [1.807, 2.05) is 24.7 Å². The number of benzene rings is 1. The quantitative estimate of drug-likeness (QED) is 0.361. The molecular formula is C27H28FN3. The fourth-order valence-electron chi connectivity index (χ4n) is 5.96. The molecule has 0 aliphatic heterocycles.